The molecule has 7 heteroatoms. The molecule has 0 bridgehead atoms. The molecule has 124 valence electrons. The van der Waals surface area contributed by atoms with Gasteiger partial charge in [0.1, 0.15) is 0 Å². The highest BCUT2D eigenvalue weighted by molar-refractivity contribution is 7.91. The highest BCUT2D eigenvalue weighted by atomic mass is 32.2. The summed E-state index contributed by atoms with van der Waals surface area (Å²) in [6, 6.07) is 13.8. The van der Waals surface area contributed by atoms with E-state index in [2.05, 4.69) is 10.3 Å². The molecule has 0 saturated carbocycles. The first-order valence-corrected chi connectivity index (χ1v) is 9.04. The lowest BCUT2D eigenvalue weighted by Crippen LogP contribution is -2.06. The number of nitrogens with zero attached hydrogens (tertiary/aromatic N) is 3. The second kappa shape index (κ2) is 6.09. The van der Waals surface area contributed by atoms with E-state index >= 15 is 0 Å². The van der Waals surface area contributed by atoms with E-state index in [4.69, 9.17) is 5.73 Å². The lowest BCUT2D eigenvalue weighted by molar-refractivity contribution is 0.591. The molecule has 0 saturated heterocycles. The topological polar surface area (TPSA) is 90.9 Å². The van der Waals surface area contributed by atoms with Crippen molar-refractivity contribution < 1.29 is 8.42 Å². The van der Waals surface area contributed by atoms with E-state index in [1.807, 2.05) is 19.1 Å². The molecule has 0 aliphatic heterocycles. The summed E-state index contributed by atoms with van der Waals surface area (Å²) in [5.74, 6) is 0. The standard InChI is InChI=1S/C17H18N4O2S/c1-3-13-4-10-16(11-5-13)24(22,23)17-12(2)21(20-19-17)15-8-6-14(18)7-9-15/h4-11H,3,18H2,1-2H3. The molecule has 2 N–H and O–H groups in total. The Bertz CT molecular complexity index is 959. The van der Waals surface area contributed by atoms with Gasteiger partial charge in [-0.2, -0.15) is 0 Å². The van der Waals surface area contributed by atoms with Crippen molar-refractivity contribution in [1.82, 2.24) is 15.0 Å². The maximum absolute atomic E-state index is 12.8. The van der Waals surface area contributed by atoms with Crippen LogP contribution in [0.4, 0.5) is 5.69 Å². The number of hydrogen-bond donors (Lipinski definition) is 1. The van der Waals surface area contributed by atoms with Gasteiger partial charge in [0.05, 0.1) is 16.3 Å². The maximum Gasteiger partial charge on any atom is 0.227 e. The Balaban J connectivity index is 2.04. The van der Waals surface area contributed by atoms with Crippen LogP contribution in [0.25, 0.3) is 5.69 Å². The van der Waals surface area contributed by atoms with E-state index in [0.29, 0.717) is 17.1 Å². The molecule has 1 heterocycles. The minimum atomic E-state index is -3.71. The summed E-state index contributed by atoms with van der Waals surface area (Å²) in [4.78, 5) is 0.215. The Hall–Kier alpha value is -2.67. The van der Waals surface area contributed by atoms with Crippen molar-refractivity contribution in [3.05, 3.63) is 59.8 Å². The largest absolute Gasteiger partial charge is 0.399 e. The Morgan fingerprint density at radius 2 is 1.67 bits per heavy atom. The van der Waals surface area contributed by atoms with Crippen LogP contribution in [0.1, 0.15) is 18.2 Å². The van der Waals surface area contributed by atoms with Crippen LogP contribution in [-0.2, 0) is 16.3 Å². The smallest absolute Gasteiger partial charge is 0.227 e. The molecule has 0 aliphatic rings. The van der Waals surface area contributed by atoms with E-state index < -0.39 is 9.84 Å². The van der Waals surface area contributed by atoms with Crippen molar-refractivity contribution in [2.45, 2.75) is 30.2 Å². The fraction of sp³-hybridized carbons (Fsp3) is 0.176. The zero-order chi connectivity index (χ0) is 17.3. The fourth-order valence-electron chi connectivity index (χ4n) is 2.44. The molecule has 6 nitrogen and oxygen atoms in total. The van der Waals surface area contributed by atoms with Gasteiger partial charge in [-0.1, -0.05) is 24.3 Å². The van der Waals surface area contributed by atoms with Crippen LogP contribution in [0.2, 0.25) is 0 Å². The fourth-order valence-corrected chi connectivity index (χ4v) is 3.78. The summed E-state index contributed by atoms with van der Waals surface area (Å²) in [6.45, 7) is 3.70. The van der Waals surface area contributed by atoms with Crippen molar-refractivity contribution in [3.8, 4) is 5.69 Å². The van der Waals surface area contributed by atoms with Gasteiger partial charge in [0.15, 0.2) is 0 Å². The quantitative estimate of drug-likeness (QED) is 0.736. The Kier molecular flexibility index (Phi) is 4.11. The van der Waals surface area contributed by atoms with E-state index in [-0.39, 0.29) is 9.92 Å². The first-order valence-electron chi connectivity index (χ1n) is 7.55. The molecule has 2 aromatic carbocycles. The van der Waals surface area contributed by atoms with Crippen molar-refractivity contribution in [2.24, 2.45) is 0 Å². The predicted molar refractivity (Wildman–Crippen MR) is 91.8 cm³/mol. The van der Waals surface area contributed by atoms with Gasteiger partial charge in [0.25, 0.3) is 0 Å². The molecule has 0 fully saturated rings. The van der Waals surface area contributed by atoms with Crippen LogP contribution < -0.4 is 5.73 Å². The Labute approximate surface area is 140 Å². The molecule has 0 atom stereocenters. The summed E-state index contributed by atoms with van der Waals surface area (Å²) >= 11 is 0. The lowest BCUT2D eigenvalue weighted by atomic mass is 10.2. The monoisotopic (exact) mass is 342 g/mol. The second-order valence-corrected chi connectivity index (χ2v) is 7.35. The zero-order valence-electron chi connectivity index (χ0n) is 13.5. The number of anilines is 1. The maximum atomic E-state index is 12.8. The van der Waals surface area contributed by atoms with Crippen molar-refractivity contribution >= 4 is 15.5 Å². The Morgan fingerprint density at radius 1 is 1.04 bits per heavy atom. The van der Waals surface area contributed by atoms with Gasteiger partial charge >= 0.3 is 0 Å². The number of sulfone groups is 1. The van der Waals surface area contributed by atoms with Crippen molar-refractivity contribution in [2.75, 3.05) is 5.73 Å². The molecule has 0 spiro atoms. The highest BCUT2D eigenvalue weighted by Gasteiger charge is 2.25. The highest BCUT2D eigenvalue weighted by Crippen LogP contribution is 2.24. The number of benzene rings is 2. The number of aromatic nitrogens is 3. The molecule has 3 aromatic rings. The number of hydrogen-bond acceptors (Lipinski definition) is 5. The predicted octanol–water partition coefficient (Wildman–Crippen LogP) is 2.55. The van der Waals surface area contributed by atoms with Crippen LogP contribution >= 0.6 is 0 Å². The van der Waals surface area contributed by atoms with E-state index in [0.717, 1.165) is 12.0 Å². The van der Waals surface area contributed by atoms with E-state index in [1.54, 1.807) is 43.3 Å². The van der Waals surface area contributed by atoms with Crippen LogP contribution in [0.3, 0.4) is 0 Å². The van der Waals surface area contributed by atoms with Gasteiger partial charge in [-0.3, -0.25) is 0 Å². The van der Waals surface area contributed by atoms with Gasteiger partial charge < -0.3 is 5.73 Å². The van der Waals surface area contributed by atoms with Gasteiger partial charge in [0.2, 0.25) is 14.9 Å². The average molecular weight is 342 g/mol. The summed E-state index contributed by atoms with van der Waals surface area (Å²) in [6.07, 6.45) is 0.854. The SMILES string of the molecule is CCc1ccc(S(=O)(=O)c2nnn(-c3ccc(N)cc3)c2C)cc1. The summed E-state index contributed by atoms with van der Waals surface area (Å²) in [7, 11) is -3.71. The molecular formula is C17H18N4O2S. The molecule has 0 unspecified atom stereocenters. The first-order chi connectivity index (χ1) is 11.4. The van der Waals surface area contributed by atoms with Gasteiger partial charge in [-0.15, -0.1) is 5.10 Å². The summed E-state index contributed by atoms with van der Waals surface area (Å²) in [5, 5.41) is 7.85. The molecule has 24 heavy (non-hydrogen) atoms. The zero-order valence-corrected chi connectivity index (χ0v) is 14.3. The molecule has 0 amide bonds. The minimum Gasteiger partial charge on any atom is -0.399 e. The van der Waals surface area contributed by atoms with E-state index in [9.17, 15) is 8.42 Å². The molecule has 0 radical (unpaired) electrons. The van der Waals surface area contributed by atoms with Gasteiger partial charge in [-0.25, -0.2) is 13.1 Å². The van der Waals surface area contributed by atoms with Crippen molar-refractivity contribution in [3.63, 3.8) is 0 Å². The van der Waals surface area contributed by atoms with Crippen molar-refractivity contribution in [1.29, 1.82) is 0 Å². The van der Waals surface area contributed by atoms with Crippen LogP contribution in [0, 0.1) is 6.92 Å². The third kappa shape index (κ3) is 2.78. The van der Waals surface area contributed by atoms with Crippen LogP contribution in [0.5, 0.6) is 0 Å². The second-order valence-electron chi connectivity index (χ2n) is 5.48. The lowest BCUT2D eigenvalue weighted by Gasteiger charge is -2.06. The number of nitrogen functional groups attached to an aromatic ring is 1. The number of nitrogens with two attached hydrogens (primary N) is 1. The van der Waals surface area contributed by atoms with Gasteiger partial charge in [-0.05, 0) is 55.3 Å². The molecule has 3 rings (SSSR count). The number of rotatable bonds is 4. The Morgan fingerprint density at radius 3 is 2.25 bits per heavy atom. The van der Waals surface area contributed by atoms with Crippen LogP contribution in [0.15, 0.2) is 58.5 Å². The average Bonchev–Trinajstić information content (AvgIpc) is 2.98. The molecular weight excluding hydrogens is 324 g/mol. The minimum absolute atomic E-state index is 0.0384. The summed E-state index contributed by atoms with van der Waals surface area (Å²) < 4.78 is 27.1. The number of aryl methyl sites for hydroxylation is 1. The van der Waals surface area contributed by atoms with E-state index in [1.165, 1.54) is 4.68 Å². The molecule has 0 aliphatic carbocycles. The van der Waals surface area contributed by atoms with Gasteiger partial charge in [0, 0.05) is 5.69 Å². The third-order valence-corrected chi connectivity index (χ3v) is 5.67. The summed E-state index contributed by atoms with van der Waals surface area (Å²) in [5.41, 5.74) is 8.54. The third-order valence-electron chi connectivity index (χ3n) is 3.89. The normalized spacial score (nSPS) is 11.6. The first kappa shape index (κ1) is 16.2. The molecule has 1 aromatic heterocycles. The van der Waals surface area contributed by atoms with Crippen LogP contribution in [-0.4, -0.2) is 23.4 Å².